The van der Waals surface area contributed by atoms with E-state index in [0.717, 1.165) is 18.7 Å². The number of carbonyl (C=O) groups is 1. The molecule has 2 N–H and O–H groups in total. The van der Waals surface area contributed by atoms with E-state index < -0.39 is 6.09 Å². The number of carbonyl (C=O) groups excluding carboxylic acids is 1. The number of allylic oxidation sites excluding steroid dienone is 1. The maximum absolute atomic E-state index is 11.7. The van der Waals surface area contributed by atoms with Crippen LogP contribution in [0.5, 0.6) is 0 Å². The van der Waals surface area contributed by atoms with Gasteiger partial charge in [-0.3, -0.25) is 0 Å². The molecule has 0 radical (unpaired) electrons. The number of nitrogens with two attached hydrogens (primary N) is 1. The molecule has 0 atom stereocenters. The van der Waals surface area contributed by atoms with Crippen molar-refractivity contribution in [1.29, 1.82) is 0 Å². The molecular formula is C14H22N4O2. The summed E-state index contributed by atoms with van der Waals surface area (Å²) in [6, 6.07) is 0. The third-order valence-corrected chi connectivity index (χ3v) is 3.35. The maximum atomic E-state index is 11.7. The number of likely N-dealkylation sites (tertiary alicyclic amines) is 1. The molecule has 0 bridgehead atoms. The van der Waals surface area contributed by atoms with Gasteiger partial charge in [0.15, 0.2) is 11.6 Å². The second-order valence-electron chi connectivity index (χ2n) is 5.24. The van der Waals surface area contributed by atoms with Crippen LogP contribution in [0, 0.1) is 0 Å². The van der Waals surface area contributed by atoms with Crippen LogP contribution in [0.1, 0.15) is 25.7 Å². The van der Waals surface area contributed by atoms with Gasteiger partial charge in [0, 0.05) is 51.6 Å². The van der Waals surface area contributed by atoms with Crippen molar-refractivity contribution in [3.63, 3.8) is 0 Å². The molecule has 0 saturated carbocycles. The van der Waals surface area contributed by atoms with E-state index in [2.05, 4.69) is 16.1 Å². The van der Waals surface area contributed by atoms with Crippen molar-refractivity contribution in [2.45, 2.75) is 25.7 Å². The average molecular weight is 278 g/mol. The highest BCUT2D eigenvalue weighted by Crippen LogP contribution is 2.23. The summed E-state index contributed by atoms with van der Waals surface area (Å²) in [5, 5.41) is 0. The molecule has 0 aliphatic carbocycles. The summed E-state index contributed by atoms with van der Waals surface area (Å²) in [6.07, 6.45) is 7.67. The Hall–Kier alpha value is -1.98. The Kier molecular flexibility index (Phi) is 4.65. The number of nitrogens with zero attached hydrogens (tertiary/aromatic N) is 3. The minimum Gasteiger partial charge on any atom is -0.406 e. The molecule has 6 nitrogen and oxygen atoms in total. The molecule has 0 aromatic rings. The lowest BCUT2D eigenvalue weighted by Gasteiger charge is -2.27. The minimum atomic E-state index is -0.440. The third kappa shape index (κ3) is 3.53. The van der Waals surface area contributed by atoms with Crippen molar-refractivity contribution >= 4 is 12.3 Å². The molecule has 20 heavy (non-hydrogen) atoms. The van der Waals surface area contributed by atoms with Crippen LogP contribution >= 0.6 is 0 Å². The van der Waals surface area contributed by atoms with Crippen LogP contribution in [0.25, 0.3) is 0 Å². The highest BCUT2D eigenvalue weighted by molar-refractivity contribution is 5.72. The van der Waals surface area contributed by atoms with Crippen LogP contribution in [0.15, 0.2) is 28.3 Å². The first-order valence-electron chi connectivity index (χ1n) is 6.94. The molecule has 0 unspecified atom stereocenters. The molecular weight excluding hydrogens is 256 g/mol. The lowest BCUT2D eigenvalue weighted by Crippen LogP contribution is -2.27. The molecule has 110 valence electrons. The molecule has 1 saturated heterocycles. The van der Waals surface area contributed by atoms with Gasteiger partial charge < -0.3 is 20.3 Å². The molecule has 0 spiro atoms. The van der Waals surface area contributed by atoms with Gasteiger partial charge in [0.1, 0.15) is 0 Å². The monoisotopic (exact) mass is 278 g/mol. The zero-order valence-corrected chi connectivity index (χ0v) is 12.1. The van der Waals surface area contributed by atoms with Gasteiger partial charge in [0.05, 0.1) is 0 Å². The van der Waals surface area contributed by atoms with Crippen molar-refractivity contribution in [3.05, 3.63) is 23.4 Å². The predicted octanol–water partition coefficient (Wildman–Crippen LogP) is 1.66. The highest BCUT2D eigenvalue weighted by atomic mass is 16.6. The fraction of sp³-hybridized carbons (Fsp3) is 0.571. The van der Waals surface area contributed by atoms with E-state index in [9.17, 15) is 4.79 Å². The fourth-order valence-corrected chi connectivity index (χ4v) is 2.23. The molecule has 0 aromatic carbocycles. The topological polar surface area (TPSA) is 71.2 Å². The van der Waals surface area contributed by atoms with Gasteiger partial charge >= 0.3 is 6.09 Å². The van der Waals surface area contributed by atoms with Crippen molar-refractivity contribution in [2.75, 3.05) is 27.2 Å². The number of hydrogen-bond acceptors (Lipinski definition) is 5. The first-order chi connectivity index (χ1) is 9.58. The second kappa shape index (κ2) is 6.45. The zero-order valence-electron chi connectivity index (χ0n) is 12.1. The number of ether oxygens (including phenoxy) is 1. The molecule has 2 rings (SSSR count). The summed E-state index contributed by atoms with van der Waals surface area (Å²) >= 11 is 0. The van der Waals surface area contributed by atoms with Crippen molar-refractivity contribution < 1.29 is 9.53 Å². The largest absolute Gasteiger partial charge is 0.414 e. The van der Waals surface area contributed by atoms with Gasteiger partial charge in [0.2, 0.25) is 0 Å². The van der Waals surface area contributed by atoms with Gasteiger partial charge in [-0.05, 0) is 19.3 Å². The first-order valence-corrected chi connectivity index (χ1v) is 6.94. The molecule has 1 amide bonds. The first kappa shape index (κ1) is 14.4. The van der Waals surface area contributed by atoms with E-state index in [1.54, 1.807) is 20.3 Å². The Bertz CT molecular complexity index is 460. The lowest BCUT2D eigenvalue weighted by atomic mass is 10.1. The summed E-state index contributed by atoms with van der Waals surface area (Å²) in [5.74, 6) is 0.645. The van der Waals surface area contributed by atoms with E-state index in [1.807, 2.05) is 0 Å². The van der Waals surface area contributed by atoms with E-state index in [0.29, 0.717) is 12.2 Å². The highest BCUT2D eigenvalue weighted by Gasteiger charge is 2.20. The van der Waals surface area contributed by atoms with Crippen LogP contribution in [0.4, 0.5) is 4.79 Å². The van der Waals surface area contributed by atoms with Crippen LogP contribution in [-0.2, 0) is 4.74 Å². The summed E-state index contributed by atoms with van der Waals surface area (Å²) < 4.78 is 5.35. The Labute approximate surface area is 119 Å². The van der Waals surface area contributed by atoms with Gasteiger partial charge in [-0.25, -0.2) is 9.79 Å². The zero-order chi connectivity index (χ0) is 14.5. The summed E-state index contributed by atoms with van der Waals surface area (Å²) in [4.78, 5) is 19.4. The number of aliphatic imine (C=N–C) groups is 1. The van der Waals surface area contributed by atoms with E-state index >= 15 is 0 Å². The van der Waals surface area contributed by atoms with Gasteiger partial charge in [-0.1, -0.05) is 0 Å². The van der Waals surface area contributed by atoms with E-state index in [-0.39, 0.29) is 5.82 Å². The number of amides is 1. The smallest absolute Gasteiger partial charge is 0.406 e. The number of hydrogen-bond donors (Lipinski definition) is 1. The van der Waals surface area contributed by atoms with Crippen molar-refractivity contribution in [1.82, 2.24) is 9.80 Å². The fourth-order valence-electron chi connectivity index (χ4n) is 2.23. The summed E-state index contributed by atoms with van der Waals surface area (Å²) in [5.41, 5.74) is 6.76. The maximum Gasteiger partial charge on any atom is 0.414 e. The normalized spacial score (nSPS) is 21.3. The SMILES string of the molecule is CN(C)C(=O)OC1=C(N)N=CCC1=CN1CCCCC1. The molecule has 2 aliphatic rings. The van der Waals surface area contributed by atoms with Crippen LogP contribution in [-0.4, -0.2) is 49.3 Å². The molecule has 1 fully saturated rings. The van der Waals surface area contributed by atoms with Crippen LogP contribution in [0.3, 0.4) is 0 Å². The lowest BCUT2D eigenvalue weighted by molar-refractivity contribution is 0.147. The Morgan fingerprint density at radius 1 is 1.40 bits per heavy atom. The van der Waals surface area contributed by atoms with Crippen LogP contribution < -0.4 is 5.73 Å². The molecule has 2 heterocycles. The van der Waals surface area contributed by atoms with Crippen molar-refractivity contribution in [3.8, 4) is 0 Å². The van der Waals surface area contributed by atoms with Crippen molar-refractivity contribution in [2.24, 2.45) is 10.7 Å². The number of rotatable bonds is 2. The average Bonchev–Trinajstić information content (AvgIpc) is 2.43. The Morgan fingerprint density at radius 3 is 2.75 bits per heavy atom. The summed E-state index contributed by atoms with van der Waals surface area (Å²) in [7, 11) is 3.28. The quantitative estimate of drug-likeness (QED) is 0.834. The van der Waals surface area contributed by atoms with E-state index in [4.69, 9.17) is 10.5 Å². The Balaban J connectivity index is 2.16. The Morgan fingerprint density at radius 2 is 2.10 bits per heavy atom. The standard InChI is InChI=1S/C14H22N4O2/c1-17(2)14(19)20-12-11(6-7-16-13(12)15)10-18-8-4-3-5-9-18/h7,10H,3-6,8-9,15H2,1-2H3. The number of piperidine rings is 1. The molecule has 0 aromatic heterocycles. The van der Waals surface area contributed by atoms with Crippen LogP contribution in [0.2, 0.25) is 0 Å². The summed E-state index contributed by atoms with van der Waals surface area (Å²) in [6.45, 7) is 2.07. The molecule has 2 aliphatic heterocycles. The molecule has 6 heteroatoms. The third-order valence-electron chi connectivity index (χ3n) is 3.35. The van der Waals surface area contributed by atoms with Gasteiger partial charge in [0.25, 0.3) is 0 Å². The minimum absolute atomic E-state index is 0.259. The van der Waals surface area contributed by atoms with Gasteiger partial charge in [-0.15, -0.1) is 0 Å². The van der Waals surface area contributed by atoms with E-state index in [1.165, 1.54) is 24.2 Å². The second-order valence-corrected chi connectivity index (χ2v) is 5.24. The predicted molar refractivity (Wildman–Crippen MR) is 78.0 cm³/mol. The van der Waals surface area contributed by atoms with Gasteiger partial charge in [-0.2, -0.15) is 0 Å².